The van der Waals surface area contributed by atoms with Gasteiger partial charge in [0.15, 0.2) is 5.65 Å². The second kappa shape index (κ2) is 6.15. The number of halogens is 3. The van der Waals surface area contributed by atoms with Gasteiger partial charge in [-0.3, -0.25) is 4.79 Å². The molecule has 2 aromatic heterocycles. The third-order valence-corrected chi connectivity index (χ3v) is 3.71. The molecule has 0 radical (unpaired) electrons. The van der Waals surface area contributed by atoms with Crippen molar-refractivity contribution in [2.24, 2.45) is 0 Å². The molecule has 1 amide bonds. The highest BCUT2D eigenvalue weighted by molar-refractivity contribution is 5.96. The van der Waals surface area contributed by atoms with Crippen molar-refractivity contribution in [2.75, 3.05) is 19.8 Å². The number of nitrogens with one attached hydrogen (secondary N) is 1. The first-order valence-electron chi connectivity index (χ1n) is 7.19. The van der Waals surface area contributed by atoms with Crippen LogP contribution in [0.1, 0.15) is 29.2 Å². The standard InChI is InChI=1S/C14H15F3N4O2/c15-14(16,17)7-19-13(22)9-5-11-12(18-6-9)21(8-20-11)10-1-3-23-4-2-10/h5-6,8,10H,1-4,7H2,(H,19,22). The van der Waals surface area contributed by atoms with Crippen molar-refractivity contribution >= 4 is 17.1 Å². The fourth-order valence-corrected chi connectivity index (χ4v) is 2.56. The molecule has 23 heavy (non-hydrogen) atoms. The summed E-state index contributed by atoms with van der Waals surface area (Å²) in [5.41, 5.74) is 1.15. The predicted octanol–water partition coefficient (Wildman–Crippen LogP) is 2.07. The Bertz CT molecular complexity index is 708. The van der Waals surface area contributed by atoms with E-state index >= 15 is 0 Å². The van der Waals surface area contributed by atoms with Crippen molar-refractivity contribution in [3.8, 4) is 0 Å². The van der Waals surface area contributed by atoms with E-state index in [0.717, 1.165) is 12.8 Å². The highest BCUT2D eigenvalue weighted by Gasteiger charge is 2.28. The van der Waals surface area contributed by atoms with Crippen molar-refractivity contribution < 1.29 is 22.7 Å². The van der Waals surface area contributed by atoms with Gasteiger partial charge in [0.05, 0.1) is 11.9 Å². The average Bonchev–Trinajstić information content (AvgIpc) is 2.95. The van der Waals surface area contributed by atoms with E-state index in [9.17, 15) is 18.0 Å². The van der Waals surface area contributed by atoms with Gasteiger partial charge in [-0.2, -0.15) is 13.2 Å². The van der Waals surface area contributed by atoms with Crippen LogP contribution >= 0.6 is 0 Å². The van der Waals surface area contributed by atoms with Gasteiger partial charge in [0.2, 0.25) is 0 Å². The molecule has 1 aliphatic rings. The van der Waals surface area contributed by atoms with Gasteiger partial charge in [-0.25, -0.2) is 9.97 Å². The summed E-state index contributed by atoms with van der Waals surface area (Å²) in [4.78, 5) is 20.1. The fourth-order valence-electron chi connectivity index (χ4n) is 2.56. The SMILES string of the molecule is O=C(NCC(F)(F)F)c1cnc2c(c1)ncn2C1CCOCC1. The molecule has 0 saturated carbocycles. The van der Waals surface area contributed by atoms with E-state index in [4.69, 9.17) is 4.74 Å². The first kappa shape index (κ1) is 15.7. The van der Waals surface area contributed by atoms with Gasteiger partial charge in [-0.1, -0.05) is 0 Å². The molecule has 9 heteroatoms. The molecule has 124 valence electrons. The fraction of sp³-hybridized carbons (Fsp3) is 0.500. The summed E-state index contributed by atoms with van der Waals surface area (Å²) in [7, 11) is 0. The van der Waals surface area contributed by atoms with Crippen LogP contribution in [0, 0.1) is 0 Å². The average molecular weight is 328 g/mol. The molecule has 1 N–H and O–H groups in total. The normalized spacial score (nSPS) is 16.7. The van der Waals surface area contributed by atoms with Crippen LogP contribution in [0.3, 0.4) is 0 Å². The number of ether oxygens (including phenoxy) is 1. The number of pyridine rings is 1. The molecule has 0 aliphatic carbocycles. The predicted molar refractivity (Wildman–Crippen MR) is 75.0 cm³/mol. The van der Waals surface area contributed by atoms with Crippen LogP contribution in [-0.4, -0.2) is 46.4 Å². The Morgan fingerprint density at radius 3 is 2.78 bits per heavy atom. The van der Waals surface area contributed by atoms with E-state index in [-0.39, 0.29) is 11.6 Å². The van der Waals surface area contributed by atoms with Gasteiger partial charge in [0.25, 0.3) is 5.91 Å². The Morgan fingerprint density at radius 2 is 2.09 bits per heavy atom. The number of aromatic nitrogens is 3. The lowest BCUT2D eigenvalue weighted by molar-refractivity contribution is -0.123. The molecule has 3 heterocycles. The van der Waals surface area contributed by atoms with E-state index in [0.29, 0.717) is 24.4 Å². The Labute approximate surface area is 129 Å². The van der Waals surface area contributed by atoms with Crippen LogP contribution in [0.25, 0.3) is 11.2 Å². The molecule has 0 bridgehead atoms. The van der Waals surface area contributed by atoms with E-state index in [1.165, 1.54) is 12.3 Å². The summed E-state index contributed by atoms with van der Waals surface area (Å²) in [5, 5.41) is 1.82. The number of rotatable bonds is 3. The van der Waals surface area contributed by atoms with Crippen LogP contribution < -0.4 is 5.32 Å². The van der Waals surface area contributed by atoms with E-state index < -0.39 is 18.6 Å². The summed E-state index contributed by atoms with van der Waals surface area (Å²) in [5.74, 6) is -0.822. The zero-order chi connectivity index (χ0) is 16.4. The van der Waals surface area contributed by atoms with Crippen LogP contribution in [0.4, 0.5) is 13.2 Å². The van der Waals surface area contributed by atoms with Crippen LogP contribution in [0.2, 0.25) is 0 Å². The lowest BCUT2D eigenvalue weighted by Crippen LogP contribution is -2.33. The maximum absolute atomic E-state index is 12.1. The minimum atomic E-state index is -4.45. The molecular weight excluding hydrogens is 313 g/mol. The van der Waals surface area contributed by atoms with Crippen LogP contribution in [-0.2, 0) is 4.74 Å². The number of carbonyl (C=O) groups is 1. The maximum Gasteiger partial charge on any atom is 0.405 e. The molecule has 1 saturated heterocycles. The largest absolute Gasteiger partial charge is 0.405 e. The Kier molecular flexibility index (Phi) is 4.20. The zero-order valence-corrected chi connectivity index (χ0v) is 12.1. The monoisotopic (exact) mass is 328 g/mol. The smallest absolute Gasteiger partial charge is 0.381 e. The van der Waals surface area contributed by atoms with Gasteiger partial charge in [-0.05, 0) is 18.9 Å². The first-order chi connectivity index (χ1) is 10.9. The first-order valence-corrected chi connectivity index (χ1v) is 7.19. The highest BCUT2D eigenvalue weighted by atomic mass is 19.4. The van der Waals surface area contributed by atoms with Crippen molar-refractivity contribution in [1.82, 2.24) is 19.9 Å². The van der Waals surface area contributed by atoms with Gasteiger partial charge in [-0.15, -0.1) is 0 Å². The molecule has 0 unspecified atom stereocenters. The summed E-state index contributed by atoms with van der Waals surface area (Å²) >= 11 is 0. The van der Waals surface area contributed by atoms with Gasteiger partial charge in [0, 0.05) is 25.5 Å². The summed E-state index contributed by atoms with van der Waals surface area (Å²) in [6, 6.07) is 1.68. The maximum atomic E-state index is 12.1. The second-order valence-corrected chi connectivity index (χ2v) is 5.36. The van der Waals surface area contributed by atoms with Crippen molar-refractivity contribution in [3.63, 3.8) is 0 Å². The molecule has 6 nitrogen and oxygen atoms in total. The Morgan fingerprint density at radius 1 is 1.35 bits per heavy atom. The van der Waals surface area contributed by atoms with Gasteiger partial charge >= 0.3 is 6.18 Å². The van der Waals surface area contributed by atoms with E-state index in [2.05, 4.69) is 9.97 Å². The lowest BCUT2D eigenvalue weighted by atomic mass is 10.1. The van der Waals surface area contributed by atoms with Gasteiger partial charge < -0.3 is 14.6 Å². The summed E-state index contributed by atoms with van der Waals surface area (Å²) in [6.45, 7) is -0.0368. The minimum absolute atomic E-state index is 0.0546. The van der Waals surface area contributed by atoms with Crippen molar-refractivity contribution in [1.29, 1.82) is 0 Å². The van der Waals surface area contributed by atoms with Crippen molar-refractivity contribution in [2.45, 2.75) is 25.1 Å². The van der Waals surface area contributed by atoms with Gasteiger partial charge in [0.1, 0.15) is 12.1 Å². The molecule has 2 aromatic rings. The quantitative estimate of drug-likeness (QED) is 0.936. The number of hydrogen-bond donors (Lipinski definition) is 1. The lowest BCUT2D eigenvalue weighted by Gasteiger charge is -2.23. The zero-order valence-electron chi connectivity index (χ0n) is 12.1. The third-order valence-electron chi connectivity index (χ3n) is 3.71. The summed E-state index contributed by atoms with van der Waals surface area (Å²) < 4.78 is 43.7. The summed E-state index contributed by atoms with van der Waals surface area (Å²) in [6.07, 6.45) is 0.163. The number of carbonyl (C=O) groups excluding carboxylic acids is 1. The van der Waals surface area contributed by atoms with E-state index in [1.54, 1.807) is 6.33 Å². The molecule has 0 aromatic carbocycles. The number of nitrogens with zero attached hydrogens (tertiary/aromatic N) is 3. The third kappa shape index (κ3) is 3.61. The number of fused-ring (bicyclic) bond motifs is 1. The topological polar surface area (TPSA) is 69.0 Å². The number of imidazole rings is 1. The molecule has 3 rings (SSSR count). The van der Waals surface area contributed by atoms with E-state index in [1.807, 2.05) is 9.88 Å². The Hall–Kier alpha value is -2.16. The molecule has 1 aliphatic heterocycles. The number of alkyl halides is 3. The molecular formula is C14H15F3N4O2. The van der Waals surface area contributed by atoms with Crippen LogP contribution in [0.15, 0.2) is 18.6 Å². The highest BCUT2D eigenvalue weighted by Crippen LogP contribution is 2.24. The molecule has 1 fully saturated rings. The number of amides is 1. The number of hydrogen-bond acceptors (Lipinski definition) is 4. The molecule has 0 spiro atoms. The Balaban J connectivity index is 1.79. The second-order valence-electron chi connectivity index (χ2n) is 5.36. The van der Waals surface area contributed by atoms with Crippen LogP contribution in [0.5, 0.6) is 0 Å². The minimum Gasteiger partial charge on any atom is -0.381 e. The molecule has 0 atom stereocenters. The van der Waals surface area contributed by atoms with Crippen molar-refractivity contribution in [3.05, 3.63) is 24.2 Å².